The first-order chi connectivity index (χ1) is 16.0. The first-order valence-electron chi connectivity index (χ1n) is 11.8. The normalized spacial score (nSPS) is 18.3. The number of hydrogen-bond donors (Lipinski definition) is 6. The maximum atomic E-state index is 13.3. The molecule has 0 bridgehead atoms. The van der Waals surface area contributed by atoms with Crippen molar-refractivity contribution in [2.75, 3.05) is 13.1 Å². The van der Waals surface area contributed by atoms with Gasteiger partial charge in [0.25, 0.3) is 0 Å². The second kappa shape index (κ2) is 14.5. The van der Waals surface area contributed by atoms with Crippen LogP contribution in [-0.2, 0) is 24.0 Å². The van der Waals surface area contributed by atoms with Crippen LogP contribution in [0.2, 0.25) is 0 Å². The maximum Gasteiger partial charge on any atom is 0.326 e. The summed E-state index contributed by atoms with van der Waals surface area (Å²) in [5.74, 6) is -3.98. The van der Waals surface area contributed by atoms with Crippen LogP contribution >= 0.6 is 0 Å². The van der Waals surface area contributed by atoms with E-state index >= 15 is 0 Å². The molecule has 1 aliphatic heterocycles. The Morgan fingerprint density at radius 2 is 1.71 bits per heavy atom. The predicted octanol–water partition coefficient (Wildman–Crippen LogP) is -0.601. The molecule has 12 nitrogen and oxygen atoms in total. The van der Waals surface area contributed by atoms with E-state index in [1.165, 1.54) is 4.90 Å². The van der Waals surface area contributed by atoms with Crippen LogP contribution in [0.5, 0.6) is 0 Å². The molecule has 4 unspecified atom stereocenters. The number of hydrogen-bond acceptors (Lipinski definition) is 7. The monoisotopic (exact) mass is 485 g/mol. The average Bonchev–Trinajstić information content (AvgIpc) is 3.24. The van der Waals surface area contributed by atoms with Crippen LogP contribution in [0.25, 0.3) is 0 Å². The lowest BCUT2D eigenvalue weighted by molar-refractivity contribution is -0.145. The third-order valence-electron chi connectivity index (χ3n) is 5.73. The fourth-order valence-corrected chi connectivity index (χ4v) is 3.91. The van der Waals surface area contributed by atoms with E-state index in [1.807, 2.05) is 13.8 Å². The average molecular weight is 486 g/mol. The Balaban J connectivity index is 2.89. The molecule has 1 aliphatic rings. The standard InChI is InChI=1S/C22H39N5O7/c1-13(2)12-16(26-19(30)14(24)6-3-4-10-23)21(32)27-11-5-7-17(27)20(31)25-15(22(33)34)8-9-18(28)29/h13-17H,3-12,23-24H2,1-2H3,(H,25,31)(H,26,30)(H,28,29)(H,33,34). The Kier molecular flexibility index (Phi) is 12.5. The highest BCUT2D eigenvalue weighted by Crippen LogP contribution is 2.21. The van der Waals surface area contributed by atoms with Crippen molar-refractivity contribution in [1.82, 2.24) is 15.5 Å². The Labute approximate surface area is 199 Å². The van der Waals surface area contributed by atoms with E-state index in [1.54, 1.807) is 0 Å². The van der Waals surface area contributed by atoms with Crippen molar-refractivity contribution in [1.29, 1.82) is 0 Å². The zero-order chi connectivity index (χ0) is 25.8. The van der Waals surface area contributed by atoms with E-state index in [-0.39, 0.29) is 18.9 Å². The third-order valence-corrected chi connectivity index (χ3v) is 5.73. The summed E-state index contributed by atoms with van der Waals surface area (Å²) >= 11 is 0. The van der Waals surface area contributed by atoms with Gasteiger partial charge < -0.3 is 37.2 Å². The molecule has 8 N–H and O–H groups in total. The van der Waals surface area contributed by atoms with Crippen molar-refractivity contribution in [2.24, 2.45) is 17.4 Å². The molecule has 0 aromatic carbocycles. The molecule has 1 rings (SSSR count). The number of carbonyl (C=O) groups is 5. The van der Waals surface area contributed by atoms with Crippen molar-refractivity contribution >= 4 is 29.7 Å². The van der Waals surface area contributed by atoms with Crippen LogP contribution in [-0.4, -0.2) is 82.0 Å². The van der Waals surface area contributed by atoms with Crippen LogP contribution in [0, 0.1) is 5.92 Å². The van der Waals surface area contributed by atoms with Gasteiger partial charge >= 0.3 is 11.9 Å². The van der Waals surface area contributed by atoms with Crippen molar-refractivity contribution in [3.63, 3.8) is 0 Å². The lowest BCUT2D eigenvalue weighted by Crippen LogP contribution is -2.57. The van der Waals surface area contributed by atoms with Crippen LogP contribution in [0.1, 0.15) is 65.2 Å². The lowest BCUT2D eigenvalue weighted by atomic mass is 10.0. The quantitative estimate of drug-likeness (QED) is 0.163. The molecule has 0 radical (unpaired) electrons. The highest BCUT2D eigenvalue weighted by atomic mass is 16.4. The second-order valence-corrected chi connectivity index (χ2v) is 9.10. The fourth-order valence-electron chi connectivity index (χ4n) is 3.91. The molecule has 194 valence electrons. The van der Waals surface area contributed by atoms with Gasteiger partial charge in [0.15, 0.2) is 0 Å². The van der Waals surface area contributed by atoms with Gasteiger partial charge in [-0.1, -0.05) is 20.3 Å². The van der Waals surface area contributed by atoms with E-state index in [9.17, 15) is 29.1 Å². The summed E-state index contributed by atoms with van der Waals surface area (Å²) in [6.45, 7) is 4.60. The zero-order valence-corrected chi connectivity index (χ0v) is 20.0. The number of likely N-dealkylation sites (tertiary alicyclic amines) is 1. The highest BCUT2D eigenvalue weighted by molar-refractivity contribution is 5.94. The molecule has 3 amide bonds. The molecule has 0 spiro atoms. The van der Waals surface area contributed by atoms with Crippen molar-refractivity contribution in [2.45, 2.75) is 89.4 Å². The molecular formula is C22H39N5O7. The summed E-state index contributed by atoms with van der Waals surface area (Å²) in [5.41, 5.74) is 11.4. The Bertz CT molecular complexity index is 730. The second-order valence-electron chi connectivity index (χ2n) is 9.10. The molecule has 1 fully saturated rings. The van der Waals surface area contributed by atoms with Gasteiger partial charge in [-0.3, -0.25) is 19.2 Å². The van der Waals surface area contributed by atoms with Crippen LogP contribution in [0.4, 0.5) is 0 Å². The first kappa shape index (κ1) is 29.3. The number of nitrogens with one attached hydrogen (secondary N) is 2. The van der Waals surface area contributed by atoms with Gasteiger partial charge in [0, 0.05) is 13.0 Å². The SMILES string of the molecule is CC(C)CC(NC(=O)C(N)CCCCN)C(=O)N1CCCC1C(=O)NC(CCC(=O)O)C(=O)O. The van der Waals surface area contributed by atoms with E-state index < -0.39 is 60.2 Å². The molecule has 34 heavy (non-hydrogen) atoms. The summed E-state index contributed by atoms with van der Waals surface area (Å²) in [6.07, 6.45) is 2.40. The van der Waals surface area contributed by atoms with E-state index in [4.69, 9.17) is 16.6 Å². The number of amides is 3. The minimum atomic E-state index is -1.38. The molecule has 12 heteroatoms. The minimum absolute atomic E-state index is 0.0741. The molecule has 0 saturated carbocycles. The van der Waals surface area contributed by atoms with E-state index in [0.717, 1.165) is 6.42 Å². The first-order valence-corrected chi connectivity index (χ1v) is 11.8. The number of nitrogens with zero attached hydrogens (tertiary/aromatic N) is 1. The lowest BCUT2D eigenvalue weighted by Gasteiger charge is -2.30. The molecule has 4 atom stereocenters. The van der Waals surface area contributed by atoms with Gasteiger partial charge in [-0.2, -0.15) is 0 Å². The van der Waals surface area contributed by atoms with Gasteiger partial charge in [0.1, 0.15) is 18.1 Å². The number of aliphatic carboxylic acids is 2. The molecule has 1 heterocycles. The molecule has 0 aliphatic carbocycles. The van der Waals surface area contributed by atoms with E-state index in [0.29, 0.717) is 38.6 Å². The topological polar surface area (TPSA) is 205 Å². The number of carboxylic acid groups (broad SMARTS) is 2. The van der Waals surface area contributed by atoms with Gasteiger partial charge in [0.2, 0.25) is 17.7 Å². The fraction of sp³-hybridized carbons (Fsp3) is 0.773. The Hall–Kier alpha value is -2.73. The maximum absolute atomic E-state index is 13.3. The van der Waals surface area contributed by atoms with E-state index in [2.05, 4.69) is 10.6 Å². The van der Waals surface area contributed by atoms with Gasteiger partial charge in [0.05, 0.1) is 6.04 Å². The Morgan fingerprint density at radius 1 is 1.03 bits per heavy atom. The summed E-state index contributed by atoms with van der Waals surface area (Å²) in [4.78, 5) is 62.3. The smallest absolute Gasteiger partial charge is 0.326 e. The van der Waals surface area contributed by atoms with Crippen molar-refractivity contribution < 1.29 is 34.2 Å². The molecular weight excluding hydrogens is 446 g/mol. The van der Waals surface area contributed by atoms with Crippen LogP contribution < -0.4 is 22.1 Å². The van der Waals surface area contributed by atoms with Gasteiger partial charge in [-0.15, -0.1) is 0 Å². The van der Waals surface area contributed by atoms with Crippen molar-refractivity contribution in [3.05, 3.63) is 0 Å². The highest BCUT2D eigenvalue weighted by Gasteiger charge is 2.39. The third kappa shape index (κ3) is 9.64. The Morgan fingerprint density at radius 3 is 2.26 bits per heavy atom. The summed E-state index contributed by atoms with van der Waals surface area (Å²) in [7, 11) is 0. The summed E-state index contributed by atoms with van der Waals surface area (Å²) < 4.78 is 0. The number of unbranched alkanes of at least 4 members (excludes halogenated alkanes) is 1. The van der Waals surface area contributed by atoms with Gasteiger partial charge in [-0.25, -0.2) is 4.79 Å². The zero-order valence-electron chi connectivity index (χ0n) is 20.0. The number of rotatable bonds is 15. The summed E-state index contributed by atoms with van der Waals surface area (Å²) in [5, 5.41) is 23.2. The van der Waals surface area contributed by atoms with Crippen LogP contribution in [0.15, 0.2) is 0 Å². The van der Waals surface area contributed by atoms with Crippen molar-refractivity contribution in [3.8, 4) is 0 Å². The summed E-state index contributed by atoms with van der Waals surface area (Å²) in [6, 6.07) is -3.93. The molecule has 0 aromatic heterocycles. The van der Waals surface area contributed by atoms with Crippen LogP contribution in [0.3, 0.4) is 0 Å². The number of carbonyl (C=O) groups excluding carboxylic acids is 3. The number of carboxylic acids is 2. The molecule has 0 aromatic rings. The molecule has 1 saturated heterocycles. The predicted molar refractivity (Wildman–Crippen MR) is 123 cm³/mol. The van der Waals surface area contributed by atoms with Gasteiger partial charge in [-0.05, 0) is 51.0 Å². The minimum Gasteiger partial charge on any atom is -0.481 e. The number of nitrogens with two attached hydrogens (primary N) is 2. The largest absolute Gasteiger partial charge is 0.481 e.